The number of hydrogen-bond donors (Lipinski definition) is 1. The van der Waals surface area contributed by atoms with Crippen LogP contribution in [-0.2, 0) is 0 Å². The Morgan fingerprint density at radius 2 is 2.10 bits per heavy atom. The molecule has 4 rings (SSSR count). The van der Waals surface area contributed by atoms with E-state index < -0.39 is 5.63 Å². The molecule has 0 aliphatic heterocycles. The summed E-state index contributed by atoms with van der Waals surface area (Å²) in [5, 5.41) is 15.7. The second-order valence-electron chi connectivity index (χ2n) is 6.07. The summed E-state index contributed by atoms with van der Waals surface area (Å²) in [6.07, 6.45) is 1.58. The third-order valence-corrected chi connectivity index (χ3v) is 5.10. The van der Waals surface area contributed by atoms with Gasteiger partial charge in [-0.25, -0.2) is 9.78 Å². The molecule has 7 heteroatoms. The zero-order valence-electron chi connectivity index (χ0n) is 15.4. The van der Waals surface area contributed by atoms with Crippen LogP contribution >= 0.6 is 11.3 Å². The molecule has 2 heterocycles. The number of nitriles is 1. The fraction of sp³-hybridized carbons (Fsp3) is 0.0455. The maximum absolute atomic E-state index is 12.3. The van der Waals surface area contributed by atoms with Crippen LogP contribution in [-0.4, -0.2) is 12.1 Å². The maximum Gasteiger partial charge on any atom is 0.345 e. The van der Waals surface area contributed by atoms with E-state index in [1.807, 2.05) is 42.5 Å². The second-order valence-corrected chi connectivity index (χ2v) is 6.93. The first kappa shape index (κ1) is 18.5. The predicted molar refractivity (Wildman–Crippen MR) is 114 cm³/mol. The van der Waals surface area contributed by atoms with E-state index in [1.54, 1.807) is 30.8 Å². The lowest BCUT2D eigenvalue weighted by atomic mass is 10.1. The Bertz CT molecular complexity index is 1310. The Labute approximate surface area is 170 Å². The van der Waals surface area contributed by atoms with Gasteiger partial charge in [-0.3, -0.25) is 0 Å². The highest BCUT2D eigenvalue weighted by atomic mass is 32.1. The van der Waals surface area contributed by atoms with Crippen LogP contribution < -0.4 is 15.7 Å². The molecular weight excluding hydrogens is 386 g/mol. The summed E-state index contributed by atoms with van der Waals surface area (Å²) in [7, 11) is 1.59. The van der Waals surface area contributed by atoms with E-state index in [1.165, 1.54) is 11.3 Å². The van der Waals surface area contributed by atoms with Gasteiger partial charge >= 0.3 is 5.63 Å². The molecule has 2 aromatic heterocycles. The molecule has 0 fully saturated rings. The molecule has 0 saturated carbocycles. The average molecular weight is 401 g/mol. The van der Waals surface area contributed by atoms with Gasteiger partial charge in [0.15, 0.2) is 0 Å². The number of para-hydroxylation sites is 1. The number of methoxy groups -OCH3 is 1. The normalized spacial score (nSPS) is 11.2. The highest BCUT2D eigenvalue weighted by molar-refractivity contribution is 7.11. The fourth-order valence-corrected chi connectivity index (χ4v) is 3.56. The second kappa shape index (κ2) is 8.00. The van der Waals surface area contributed by atoms with Gasteiger partial charge in [0, 0.05) is 28.7 Å². The van der Waals surface area contributed by atoms with Gasteiger partial charge < -0.3 is 14.5 Å². The van der Waals surface area contributed by atoms with Crippen molar-refractivity contribution in [2.24, 2.45) is 0 Å². The molecule has 2 aromatic carbocycles. The summed E-state index contributed by atoms with van der Waals surface area (Å²) >= 11 is 1.29. The molecule has 0 spiro atoms. The van der Waals surface area contributed by atoms with Crippen molar-refractivity contribution in [3.05, 3.63) is 81.6 Å². The van der Waals surface area contributed by atoms with Crippen molar-refractivity contribution in [2.75, 3.05) is 12.4 Å². The summed E-state index contributed by atoms with van der Waals surface area (Å²) in [5.74, 6) is 0.710. The number of benzene rings is 2. The van der Waals surface area contributed by atoms with Gasteiger partial charge in [0.1, 0.15) is 28.0 Å². The standard InChI is InChI=1S/C22H15N3O3S/c1-27-17-7-4-6-16(10-17)24-12-15(11-23)21-25-19(13-29-21)18-9-14-5-2-3-8-20(14)28-22(18)26/h2-10,12-13,24H,1H3/b15-12-. The van der Waals surface area contributed by atoms with E-state index in [2.05, 4.69) is 16.4 Å². The summed E-state index contributed by atoms with van der Waals surface area (Å²) in [4.78, 5) is 16.8. The highest BCUT2D eigenvalue weighted by Crippen LogP contribution is 2.26. The predicted octanol–water partition coefficient (Wildman–Crippen LogP) is 4.90. The SMILES string of the molecule is COc1cccc(N/C=C(/C#N)c2nc(-c3cc4ccccc4oc3=O)cs2)c1. The topological polar surface area (TPSA) is 88.2 Å². The number of thiazole rings is 1. The van der Waals surface area contributed by atoms with E-state index >= 15 is 0 Å². The Morgan fingerprint density at radius 1 is 1.24 bits per heavy atom. The Morgan fingerprint density at radius 3 is 2.93 bits per heavy atom. The number of nitrogens with one attached hydrogen (secondary N) is 1. The number of fused-ring (bicyclic) bond motifs is 1. The van der Waals surface area contributed by atoms with Gasteiger partial charge in [0.25, 0.3) is 0 Å². The molecule has 0 amide bonds. The molecule has 29 heavy (non-hydrogen) atoms. The first-order chi connectivity index (χ1) is 14.2. The van der Waals surface area contributed by atoms with Crippen LogP contribution in [0.25, 0.3) is 27.8 Å². The largest absolute Gasteiger partial charge is 0.497 e. The van der Waals surface area contributed by atoms with E-state index in [-0.39, 0.29) is 0 Å². The van der Waals surface area contributed by atoms with Gasteiger partial charge in [-0.1, -0.05) is 24.3 Å². The number of ether oxygens (including phenoxy) is 1. The number of aromatic nitrogens is 1. The van der Waals surface area contributed by atoms with Gasteiger partial charge in [0.05, 0.1) is 18.4 Å². The lowest BCUT2D eigenvalue weighted by molar-refractivity contribution is 0.415. The first-order valence-corrected chi connectivity index (χ1v) is 9.56. The van der Waals surface area contributed by atoms with Crippen LogP contribution in [0, 0.1) is 11.3 Å². The number of allylic oxidation sites excluding steroid dienone is 1. The summed E-state index contributed by atoms with van der Waals surface area (Å²) < 4.78 is 10.6. The molecule has 4 aromatic rings. The number of hydrogen-bond acceptors (Lipinski definition) is 7. The van der Waals surface area contributed by atoms with Crippen LogP contribution in [0.5, 0.6) is 5.75 Å². The summed E-state index contributed by atoms with van der Waals surface area (Å²) in [5.41, 5.74) is 2.05. The summed E-state index contributed by atoms with van der Waals surface area (Å²) in [6, 6.07) is 18.6. The minimum absolute atomic E-state index is 0.356. The zero-order chi connectivity index (χ0) is 20.2. The molecular formula is C22H15N3O3S. The fourth-order valence-electron chi connectivity index (χ4n) is 2.77. The van der Waals surface area contributed by atoms with Crippen molar-refractivity contribution in [2.45, 2.75) is 0 Å². The minimum atomic E-state index is -0.461. The molecule has 0 unspecified atom stereocenters. The van der Waals surface area contributed by atoms with E-state index in [9.17, 15) is 10.1 Å². The van der Waals surface area contributed by atoms with Crippen molar-refractivity contribution >= 4 is 33.6 Å². The Kier molecular flexibility index (Phi) is 5.10. The molecule has 0 saturated heterocycles. The van der Waals surface area contributed by atoms with Crippen molar-refractivity contribution in [3.8, 4) is 23.1 Å². The van der Waals surface area contributed by atoms with Crippen LogP contribution in [0.2, 0.25) is 0 Å². The van der Waals surface area contributed by atoms with Crippen molar-refractivity contribution in [1.82, 2.24) is 4.98 Å². The quantitative estimate of drug-likeness (QED) is 0.378. The van der Waals surface area contributed by atoms with Gasteiger partial charge in [0.2, 0.25) is 0 Å². The van der Waals surface area contributed by atoms with Crippen molar-refractivity contribution in [3.63, 3.8) is 0 Å². The zero-order valence-corrected chi connectivity index (χ0v) is 16.2. The highest BCUT2D eigenvalue weighted by Gasteiger charge is 2.13. The summed E-state index contributed by atoms with van der Waals surface area (Å²) in [6.45, 7) is 0. The van der Waals surface area contributed by atoms with Crippen molar-refractivity contribution < 1.29 is 9.15 Å². The molecule has 1 N–H and O–H groups in total. The third kappa shape index (κ3) is 3.88. The lowest BCUT2D eigenvalue weighted by Crippen LogP contribution is -2.02. The Hall–Kier alpha value is -3.89. The molecule has 0 aliphatic carbocycles. The van der Waals surface area contributed by atoms with Crippen LogP contribution in [0.1, 0.15) is 5.01 Å². The van der Waals surface area contributed by atoms with Gasteiger partial charge in [-0.2, -0.15) is 5.26 Å². The van der Waals surface area contributed by atoms with E-state index in [0.29, 0.717) is 33.2 Å². The molecule has 0 atom stereocenters. The number of nitrogens with zero attached hydrogens (tertiary/aromatic N) is 2. The van der Waals surface area contributed by atoms with Crippen molar-refractivity contribution in [1.29, 1.82) is 5.26 Å². The first-order valence-electron chi connectivity index (χ1n) is 8.68. The number of rotatable bonds is 5. The molecule has 0 radical (unpaired) electrons. The van der Waals surface area contributed by atoms with Gasteiger partial charge in [-0.15, -0.1) is 11.3 Å². The Balaban J connectivity index is 1.64. The van der Waals surface area contributed by atoms with Crippen LogP contribution in [0.4, 0.5) is 5.69 Å². The van der Waals surface area contributed by atoms with Crippen LogP contribution in [0.15, 0.2) is 75.4 Å². The average Bonchev–Trinajstić information content (AvgIpc) is 3.23. The molecule has 6 nitrogen and oxygen atoms in total. The maximum atomic E-state index is 12.3. The van der Waals surface area contributed by atoms with Gasteiger partial charge in [-0.05, 0) is 24.3 Å². The van der Waals surface area contributed by atoms with E-state index in [4.69, 9.17) is 9.15 Å². The molecule has 142 valence electrons. The smallest absolute Gasteiger partial charge is 0.345 e. The van der Waals surface area contributed by atoms with E-state index in [0.717, 1.165) is 11.1 Å². The number of anilines is 1. The lowest BCUT2D eigenvalue weighted by Gasteiger charge is -2.04. The monoisotopic (exact) mass is 401 g/mol. The minimum Gasteiger partial charge on any atom is -0.497 e. The van der Waals surface area contributed by atoms with Crippen LogP contribution in [0.3, 0.4) is 0 Å². The molecule has 0 bridgehead atoms. The molecule has 0 aliphatic rings. The third-order valence-electron chi connectivity index (χ3n) is 4.23.